The molecule has 1 heterocycles. The number of benzene rings is 2. The lowest BCUT2D eigenvalue weighted by molar-refractivity contribution is 0.498. The maximum atomic E-state index is 13.7. The van der Waals surface area contributed by atoms with Crippen molar-refractivity contribution in [2.45, 2.75) is 19.5 Å². The largest absolute Gasteiger partial charge is 0.356 e. The molecule has 29 heavy (non-hydrogen) atoms. The molecule has 1 aromatic heterocycles. The zero-order chi connectivity index (χ0) is 19.8. The van der Waals surface area contributed by atoms with Crippen molar-refractivity contribution in [3.8, 4) is 0 Å². The van der Waals surface area contributed by atoms with Crippen LogP contribution in [0.2, 0.25) is 0 Å². The summed E-state index contributed by atoms with van der Waals surface area (Å²) in [6, 6.07) is 14.2. The van der Waals surface area contributed by atoms with Gasteiger partial charge >= 0.3 is 0 Å². The summed E-state index contributed by atoms with van der Waals surface area (Å²) in [4.78, 5) is 4.19. The first-order chi connectivity index (χ1) is 13.7. The number of hydrogen-bond acceptors (Lipinski definition) is 2. The number of nitrogens with one attached hydrogen (secondary N) is 2. The molecule has 0 aliphatic rings. The van der Waals surface area contributed by atoms with E-state index in [1.165, 1.54) is 6.07 Å². The van der Waals surface area contributed by atoms with E-state index in [0.29, 0.717) is 37.6 Å². The van der Waals surface area contributed by atoms with E-state index in [1.54, 1.807) is 19.3 Å². The maximum Gasteiger partial charge on any atom is 0.191 e. The number of halogens is 3. The van der Waals surface area contributed by atoms with Crippen LogP contribution in [0.25, 0.3) is 0 Å². The van der Waals surface area contributed by atoms with Crippen LogP contribution in [-0.4, -0.2) is 29.3 Å². The van der Waals surface area contributed by atoms with E-state index >= 15 is 0 Å². The van der Waals surface area contributed by atoms with Crippen LogP contribution in [0.5, 0.6) is 0 Å². The van der Waals surface area contributed by atoms with Gasteiger partial charge < -0.3 is 10.6 Å². The Balaban J connectivity index is 0.00000300. The predicted octanol–water partition coefficient (Wildman–Crippen LogP) is 3.74. The Bertz CT molecular complexity index is 929. The summed E-state index contributed by atoms with van der Waals surface area (Å²) >= 11 is 0. The summed E-state index contributed by atoms with van der Waals surface area (Å²) in [5.41, 5.74) is 2.64. The van der Waals surface area contributed by atoms with Crippen molar-refractivity contribution in [2.75, 3.05) is 13.6 Å². The fourth-order valence-electron chi connectivity index (χ4n) is 2.91. The van der Waals surface area contributed by atoms with E-state index in [2.05, 4.69) is 32.9 Å². The Morgan fingerprint density at radius 3 is 2.48 bits per heavy atom. The van der Waals surface area contributed by atoms with Crippen molar-refractivity contribution in [1.29, 1.82) is 0 Å². The van der Waals surface area contributed by atoms with Gasteiger partial charge in [0.2, 0.25) is 0 Å². The van der Waals surface area contributed by atoms with Gasteiger partial charge in [-0.3, -0.25) is 9.67 Å². The molecule has 0 aliphatic heterocycles. The zero-order valence-electron chi connectivity index (χ0n) is 16.1. The first-order valence-corrected chi connectivity index (χ1v) is 9.09. The maximum absolute atomic E-state index is 13.7. The van der Waals surface area contributed by atoms with Gasteiger partial charge in [0.15, 0.2) is 17.6 Å². The third kappa shape index (κ3) is 6.52. The van der Waals surface area contributed by atoms with Crippen molar-refractivity contribution in [3.05, 3.63) is 89.2 Å². The molecule has 0 radical (unpaired) electrons. The van der Waals surface area contributed by atoms with E-state index in [9.17, 15) is 8.78 Å². The van der Waals surface area contributed by atoms with Gasteiger partial charge in [-0.2, -0.15) is 5.10 Å². The highest BCUT2D eigenvalue weighted by Gasteiger charge is 2.08. The van der Waals surface area contributed by atoms with Crippen molar-refractivity contribution >= 4 is 29.9 Å². The molecule has 3 aromatic rings. The van der Waals surface area contributed by atoms with Crippen LogP contribution in [-0.2, 0) is 19.5 Å². The Kier molecular flexibility index (Phi) is 9.04. The Hall–Kier alpha value is -2.49. The highest BCUT2D eigenvalue weighted by Crippen LogP contribution is 2.12. The van der Waals surface area contributed by atoms with Gasteiger partial charge in [-0.15, -0.1) is 24.0 Å². The summed E-state index contributed by atoms with van der Waals surface area (Å²) in [5.74, 6) is -1.01. The molecular weight excluding hydrogens is 487 g/mol. The number of aromatic nitrogens is 2. The van der Waals surface area contributed by atoms with Gasteiger partial charge in [-0.25, -0.2) is 8.78 Å². The minimum Gasteiger partial charge on any atom is -0.356 e. The fourth-order valence-corrected chi connectivity index (χ4v) is 2.91. The van der Waals surface area contributed by atoms with E-state index in [4.69, 9.17) is 0 Å². The molecule has 0 saturated carbocycles. The number of guanidine groups is 1. The van der Waals surface area contributed by atoms with Crippen LogP contribution in [0, 0.1) is 11.6 Å². The molecule has 5 nitrogen and oxygen atoms in total. The normalized spacial score (nSPS) is 11.1. The smallest absolute Gasteiger partial charge is 0.191 e. The van der Waals surface area contributed by atoms with Crippen LogP contribution < -0.4 is 10.6 Å². The Labute approximate surface area is 186 Å². The second-order valence-corrected chi connectivity index (χ2v) is 6.29. The van der Waals surface area contributed by atoms with E-state index in [1.807, 2.05) is 29.1 Å². The quantitative estimate of drug-likeness (QED) is 0.289. The molecule has 0 bridgehead atoms. The summed E-state index contributed by atoms with van der Waals surface area (Å²) in [6.45, 7) is 1.72. The third-order valence-corrected chi connectivity index (χ3v) is 4.40. The summed E-state index contributed by atoms with van der Waals surface area (Å²) in [6.07, 6.45) is 4.05. The average Bonchev–Trinajstić information content (AvgIpc) is 3.22. The third-order valence-electron chi connectivity index (χ3n) is 4.40. The van der Waals surface area contributed by atoms with E-state index in [0.717, 1.165) is 17.2 Å². The molecule has 0 aliphatic carbocycles. The molecule has 154 valence electrons. The molecule has 0 atom stereocenters. The van der Waals surface area contributed by atoms with Gasteiger partial charge in [0, 0.05) is 32.5 Å². The average molecular weight is 511 g/mol. The monoisotopic (exact) mass is 511 g/mol. The lowest BCUT2D eigenvalue weighted by Crippen LogP contribution is -2.38. The standard InChI is InChI=1S/C21H23F2N5.HI/c1-24-21(25-12-10-16-8-4-9-19(22)20(16)23)26-14-17-6-2-3-7-18(17)15-28-13-5-11-27-28;/h2-9,11,13H,10,12,14-15H2,1H3,(H2,24,25,26);1H. The number of rotatable bonds is 7. The van der Waals surface area contributed by atoms with Gasteiger partial charge in [-0.1, -0.05) is 36.4 Å². The first kappa shape index (κ1) is 22.8. The summed E-state index contributed by atoms with van der Waals surface area (Å²) in [5, 5.41) is 10.6. The van der Waals surface area contributed by atoms with Crippen LogP contribution in [0.1, 0.15) is 16.7 Å². The Morgan fingerprint density at radius 2 is 1.76 bits per heavy atom. The molecule has 0 amide bonds. The molecule has 2 N–H and O–H groups in total. The number of hydrogen-bond donors (Lipinski definition) is 2. The molecule has 0 fully saturated rings. The molecule has 0 unspecified atom stereocenters. The van der Waals surface area contributed by atoms with Crippen LogP contribution in [0.15, 0.2) is 65.9 Å². The Morgan fingerprint density at radius 1 is 1.00 bits per heavy atom. The van der Waals surface area contributed by atoms with E-state index in [-0.39, 0.29) is 24.0 Å². The van der Waals surface area contributed by atoms with Gasteiger partial charge in [0.1, 0.15) is 0 Å². The molecule has 2 aromatic carbocycles. The molecule has 3 rings (SSSR count). The summed E-state index contributed by atoms with van der Waals surface area (Å²) < 4.78 is 28.9. The lowest BCUT2D eigenvalue weighted by Gasteiger charge is -2.14. The second kappa shape index (κ2) is 11.5. The first-order valence-electron chi connectivity index (χ1n) is 9.09. The van der Waals surface area contributed by atoms with Crippen molar-refractivity contribution in [2.24, 2.45) is 4.99 Å². The topological polar surface area (TPSA) is 54.2 Å². The number of nitrogens with zero attached hydrogens (tertiary/aromatic N) is 3. The number of aliphatic imine (C=N–C) groups is 1. The molecule has 0 saturated heterocycles. The lowest BCUT2D eigenvalue weighted by atomic mass is 10.1. The highest BCUT2D eigenvalue weighted by molar-refractivity contribution is 14.0. The van der Waals surface area contributed by atoms with Crippen molar-refractivity contribution in [3.63, 3.8) is 0 Å². The van der Waals surface area contributed by atoms with Crippen molar-refractivity contribution < 1.29 is 8.78 Å². The molecule has 0 spiro atoms. The van der Waals surface area contributed by atoms with Crippen molar-refractivity contribution in [1.82, 2.24) is 20.4 Å². The fraction of sp³-hybridized carbons (Fsp3) is 0.238. The van der Waals surface area contributed by atoms with Crippen LogP contribution in [0.4, 0.5) is 8.78 Å². The highest BCUT2D eigenvalue weighted by atomic mass is 127. The van der Waals surface area contributed by atoms with Gasteiger partial charge in [0.05, 0.1) is 6.54 Å². The molecular formula is C21H24F2IN5. The van der Waals surface area contributed by atoms with E-state index < -0.39 is 11.6 Å². The summed E-state index contributed by atoms with van der Waals surface area (Å²) in [7, 11) is 1.67. The minimum absolute atomic E-state index is 0. The SMILES string of the molecule is CN=C(NCCc1cccc(F)c1F)NCc1ccccc1Cn1cccn1.I. The minimum atomic E-state index is -0.825. The van der Waals surface area contributed by atoms with Gasteiger partial charge in [-0.05, 0) is 35.2 Å². The predicted molar refractivity (Wildman–Crippen MR) is 121 cm³/mol. The van der Waals surface area contributed by atoms with Gasteiger partial charge in [0.25, 0.3) is 0 Å². The second-order valence-electron chi connectivity index (χ2n) is 6.29. The van der Waals surface area contributed by atoms with Crippen LogP contribution >= 0.6 is 24.0 Å². The van der Waals surface area contributed by atoms with Crippen LogP contribution in [0.3, 0.4) is 0 Å². The molecule has 8 heteroatoms. The zero-order valence-corrected chi connectivity index (χ0v) is 18.4.